The standard InChI is InChI=1S/C15H17N3O/c19-15-5-4-12-6-9-18(10-7-14(12)17-15)11-13-3-1-2-8-16-13/h1-5,8H,6-7,9-11H2,(H,17,19). The molecule has 0 spiro atoms. The maximum Gasteiger partial charge on any atom is 0.248 e. The number of pyridine rings is 2. The van der Waals surface area contributed by atoms with Crippen LogP contribution in [0.3, 0.4) is 0 Å². The normalized spacial score (nSPS) is 15.8. The Morgan fingerprint density at radius 3 is 2.89 bits per heavy atom. The first-order valence-electron chi connectivity index (χ1n) is 6.64. The molecular formula is C15H17N3O. The molecule has 2 aromatic rings. The molecule has 0 aliphatic carbocycles. The van der Waals surface area contributed by atoms with Crippen molar-refractivity contribution in [3.05, 3.63) is 63.8 Å². The van der Waals surface area contributed by atoms with E-state index in [0.717, 1.165) is 43.9 Å². The van der Waals surface area contributed by atoms with Gasteiger partial charge in [-0.15, -0.1) is 0 Å². The van der Waals surface area contributed by atoms with Gasteiger partial charge in [0.15, 0.2) is 0 Å². The number of hydrogen-bond acceptors (Lipinski definition) is 3. The lowest BCUT2D eigenvalue weighted by atomic mass is 10.1. The summed E-state index contributed by atoms with van der Waals surface area (Å²) in [5.74, 6) is 0. The van der Waals surface area contributed by atoms with Gasteiger partial charge in [-0.05, 0) is 24.1 Å². The van der Waals surface area contributed by atoms with Crippen LogP contribution in [0.15, 0.2) is 41.3 Å². The van der Waals surface area contributed by atoms with Crippen molar-refractivity contribution in [1.29, 1.82) is 0 Å². The highest BCUT2D eigenvalue weighted by molar-refractivity contribution is 5.21. The van der Waals surface area contributed by atoms with E-state index in [9.17, 15) is 4.79 Å². The van der Waals surface area contributed by atoms with Crippen LogP contribution in [-0.2, 0) is 19.4 Å². The highest BCUT2D eigenvalue weighted by Crippen LogP contribution is 2.13. The van der Waals surface area contributed by atoms with E-state index in [1.165, 1.54) is 5.56 Å². The van der Waals surface area contributed by atoms with Crippen molar-refractivity contribution in [3.63, 3.8) is 0 Å². The van der Waals surface area contributed by atoms with E-state index in [1.54, 1.807) is 6.07 Å². The number of aromatic nitrogens is 2. The predicted octanol–water partition coefficient (Wildman–Crippen LogP) is 1.37. The summed E-state index contributed by atoms with van der Waals surface area (Å²) in [7, 11) is 0. The summed E-state index contributed by atoms with van der Waals surface area (Å²) in [6.45, 7) is 2.85. The predicted molar refractivity (Wildman–Crippen MR) is 74.0 cm³/mol. The number of fused-ring (bicyclic) bond motifs is 1. The lowest BCUT2D eigenvalue weighted by Crippen LogP contribution is -2.26. The van der Waals surface area contributed by atoms with E-state index in [-0.39, 0.29) is 5.56 Å². The van der Waals surface area contributed by atoms with Crippen molar-refractivity contribution in [2.45, 2.75) is 19.4 Å². The summed E-state index contributed by atoms with van der Waals surface area (Å²) in [5, 5.41) is 0. The van der Waals surface area contributed by atoms with Crippen molar-refractivity contribution in [3.8, 4) is 0 Å². The molecule has 0 fully saturated rings. The molecule has 4 heteroatoms. The Bertz CT molecular complexity index is 606. The maximum atomic E-state index is 11.3. The van der Waals surface area contributed by atoms with Gasteiger partial charge in [-0.1, -0.05) is 12.1 Å². The fourth-order valence-electron chi connectivity index (χ4n) is 2.54. The van der Waals surface area contributed by atoms with Crippen molar-refractivity contribution >= 4 is 0 Å². The largest absolute Gasteiger partial charge is 0.326 e. The Hall–Kier alpha value is -1.94. The van der Waals surface area contributed by atoms with E-state index in [0.29, 0.717) is 0 Å². The van der Waals surface area contributed by atoms with E-state index < -0.39 is 0 Å². The molecule has 0 amide bonds. The maximum absolute atomic E-state index is 11.3. The molecule has 1 aliphatic heterocycles. The summed E-state index contributed by atoms with van der Waals surface area (Å²) in [6.07, 6.45) is 3.72. The molecule has 3 heterocycles. The lowest BCUT2D eigenvalue weighted by Gasteiger charge is -2.18. The topological polar surface area (TPSA) is 49.0 Å². The SMILES string of the molecule is O=c1ccc2c([nH]1)CCN(Cc1ccccn1)CC2. The van der Waals surface area contributed by atoms with E-state index in [1.807, 2.05) is 24.4 Å². The molecule has 1 aliphatic rings. The van der Waals surface area contributed by atoms with Crippen molar-refractivity contribution in [2.24, 2.45) is 0 Å². The second-order valence-electron chi connectivity index (χ2n) is 4.92. The molecule has 2 aromatic heterocycles. The molecule has 0 radical (unpaired) electrons. The number of nitrogens with zero attached hydrogens (tertiary/aromatic N) is 2. The minimum Gasteiger partial charge on any atom is -0.326 e. The van der Waals surface area contributed by atoms with Gasteiger partial charge in [0.2, 0.25) is 5.56 Å². The van der Waals surface area contributed by atoms with E-state index in [2.05, 4.69) is 20.9 Å². The average Bonchev–Trinajstić information content (AvgIpc) is 2.63. The number of hydrogen-bond donors (Lipinski definition) is 1. The molecule has 0 saturated carbocycles. The summed E-state index contributed by atoms with van der Waals surface area (Å²) in [6, 6.07) is 9.59. The number of nitrogens with one attached hydrogen (secondary N) is 1. The Kier molecular flexibility index (Phi) is 3.42. The average molecular weight is 255 g/mol. The zero-order valence-corrected chi connectivity index (χ0v) is 10.8. The molecule has 0 saturated heterocycles. The van der Waals surface area contributed by atoms with Gasteiger partial charge in [0.25, 0.3) is 0 Å². The van der Waals surface area contributed by atoms with Crippen molar-refractivity contribution in [2.75, 3.05) is 13.1 Å². The van der Waals surface area contributed by atoms with Crippen LogP contribution in [0.4, 0.5) is 0 Å². The Morgan fingerprint density at radius 1 is 1.16 bits per heavy atom. The Labute approximate surface area is 112 Å². The van der Waals surface area contributed by atoms with E-state index >= 15 is 0 Å². The second kappa shape index (κ2) is 5.36. The zero-order valence-electron chi connectivity index (χ0n) is 10.8. The third-order valence-electron chi connectivity index (χ3n) is 3.58. The summed E-state index contributed by atoms with van der Waals surface area (Å²) in [5.41, 5.74) is 3.46. The number of H-pyrrole nitrogens is 1. The smallest absolute Gasteiger partial charge is 0.248 e. The van der Waals surface area contributed by atoms with Gasteiger partial charge in [-0.2, -0.15) is 0 Å². The third kappa shape index (κ3) is 2.90. The lowest BCUT2D eigenvalue weighted by molar-refractivity contribution is 0.275. The van der Waals surface area contributed by atoms with Crippen LogP contribution in [0.25, 0.3) is 0 Å². The molecule has 3 rings (SSSR count). The van der Waals surface area contributed by atoms with Crippen LogP contribution in [0, 0.1) is 0 Å². The second-order valence-corrected chi connectivity index (χ2v) is 4.92. The van der Waals surface area contributed by atoms with Crippen LogP contribution >= 0.6 is 0 Å². The molecule has 98 valence electrons. The van der Waals surface area contributed by atoms with Crippen LogP contribution in [0.2, 0.25) is 0 Å². The fraction of sp³-hybridized carbons (Fsp3) is 0.333. The fourth-order valence-corrected chi connectivity index (χ4v) is 2.54. The monoisotopic (exact) mass is 255 g/mol. The van der Waals surface area contributed by atoms with Gasteiger partial charge >= 0.3 is 0 Å². The first-order valence-corrected chi connectivity index (χ1v) is 6.64. The van der Waals surface area contributed by atoms with Crippen LogP contribution < -0.4 is 5.56 Å². The van der Waals surface area contributed by atoms with Gasteiger partial charge in [-0.3, -0.25) is 14.7 Å². The quantitative estimate of drug-likeness (QED) is 0.881. The van der Waals surface area contributed by atoms with Crippen molar-refractivity contribution < 1.29 is 0 Å². The molecular weight excluding hydrogens is 238 g/mol. The highest BCUT2D eigenvalue weighted by Gasteiger charge is 2.14. The minimum absolute atomic E-state index is 0.00285. The van der Waals surface area contributed by atoms with E-state index in [4.69, 9.17) is 0 Å². The van der Waals surface area contributed by atoms with Crippen molar-refractivity contribution in [1.82, 2.24) is 14.9 Å². The zero-order chi connectivity index (χ0) is 13.1. The summed E-state index contributed by atoms with van der Waals surface area (Å²) in [4.78, 5) is 21.1. The van der Waals surface area contributed by atoms with Gasteiger partial charge in [-0.25, -0.2) is 0 Å². The van der Waals surface area contributed by atoms with Gasteiger partial charge < -0.3 is 4.98 Å². The molecule has 19 heavy (non-hydrogen) atoms. The number of rotatable bonds is 2. The molecule has 0 aromatic carbocycles. The summed E-state index contributed by atoms with van der Waals surface area (Å²) >= 11 is 0. The van der Waals surface area contributed by atoms with Crippen LogP contribution in [0.1, 0.15) is 17.0 Å². The minimum atomic E-state index is -0.00285. The van der Waals surface area contributed by atoms with Gasteiger partial charge in [0.05, 0.1) is 5.69 Å². The Morgan fingerprint density at radius 2 is 2.05 bits per heavy atom. The van der Waals surface area contributed by atoms with Crippen LogP contribution in [0.5, 0.6) is 0 Å². The van der Waals surface area contributed by atoms with Gasteiger partial charge in [0, 0.05) is 44.0 Å². The number of aromatic amines is 1. The molecule has 4 nitrogen and oxygen atoms in total. The van der Waals surface area contributed by atoms with Gasteiger partial charge in [0.1, 0.15) is 0 Å². The first-order chi connectivity index (χ1) is 9.31. The van der Waals surface area contributed by atoms with Crippen LogP contribution in [-0.4, -0.2) is 28.0 Å². The summed E-state index contributed by atoms with van der Waals surface area (Å²) < 4.78 is 0. The molecule has 0 bridgehead atoms. The molecule has 0 atom stereocenters. The highest BCUT2D eigenvalue weighted by atomic mass is 16.1. The first kappa shape index (κ1) is 12.1. The molecule has 0 unspecified atom stereocenters. The molecule has 1 N–H and O–H groups in total. The third-order valence-corrected chi connectivity index (χ3v) is 3.58. The Balaban J connectivity index is 1.71.